The average Bonchev–Trinajstić information content (AvgIpc) is 3.53. The zero-order valence-corrected chi connectivity index (χ0v) is 20.3. The minimum absolute atomic E-state index is 0.0101. The predicted molar refractivity (Wildman–Crippen MR) is 131 cm³/mol. The highest BCUT2D eigenvalue weighted by Crippen LogP contribution is 2.45. The van der Waals surface area contributed by atoms with Crippen molar-refractivity contribution in [3.8, 4) is 0 Å². The molecule has 36 heavy (non-hydrogen) atoms. The maximum absolute atomic E-state index is 13.8. The summed E-state index contributed by atoms with van der Waals surface area (Å²) in [5.74, 6) is 0.246. The van der Waals surface area contributed by atoms with Crippen molar-refractivity contribution in [1.82, 2.24) is 9.80 Å². The lowest BCUT2D eigenvalue weighted by atomic mass is 9.74. The van der Waals surface area contributed by atoms with Crippen molar-refractivity contribution in [2.24, 2.45) is 5.41 Å². The Bertz CT molecular complexity index is 1090. The smallest absolute Gasteiger partial charge is 0.342 e. The molecule has 0 atom stereocenters. The third kappa shape index (κ3) is 4.70. The number of benzene rings is 2. The highest BCUT2D eigenvalue weighted by molar-refractivity contribution is 5.90. The number of hydrogen-bond donors (Lipinski definition) is 1. The van der Waals surface area contributed by atoms with Crippen LogP contribution >= 0.6 is 0 Å². The first-order valence-electron chi connectivity index (χ1n) is 12.8. The number of carbonyl (C=O) groups excluding carboxylic acids is 2. The van der Waals surface area contributed by atoms with Crippen LogP contribution in [0.3, 0.4) is 0 Å². The summed E-state index contributed by atoms with van der Waals surface area (Å²) in [6.07, 6.45) is 2.12. The Morgan fingerprint density at radius 2 is 1.36 bits per heavy atom. The topological polar surface area (TPSA) is 52.7 Å². The molecule has 0 unspecified atom stereocenters. The molecular formula is C28H32F3N3O2. The van der Waals surface area contributed by atoms with Crippen LogP contribution in [0.2, 0.25) is 0 Å². The van der Waals surface area contributed by atoms with E-state index in [9.17, 15) is 22.8 Å². The zero-order valence-electron chi connectivity index (χ0n) is 20.3. The van der Waals surface area contributed by atoms with Gasteiger partial charge in [0.15, 0.2) is 0 Å². The van der Waals surface area contributed by atoms with E-state index in [1.54, 1.807) is 4.90 Å². The molecule has 5 nitrogen and oxygen atoms in total. The van der Waals surface area contributed by atoms with E-state index in [-0.39, 0.29) is 17.4 Å². The van der Waals surface area contributed by atoms with Crippen molar-refractivity contribution >= 4 is 17.6 Å². The van der Waals surface area contributed by atoms with Crippen LogP contribution in [-0.4, -0.2) is 47.9 Å². The van der Waals surface area contributed by atoms with Crippen LogP contribution in [0.15, 0.2) is 54.6 Å². The molecule has 1 saturated carbocycles. The molecule has 1 aliphatic carbocycles. The first kappa shape index (κ1) is 24.7. The number of alkyl halides is 3. The van der Waals surface area contributed by atoms with E-state index in [1.807, 2.05) is 23.1 Å². The third-order valence-electron chi connectivity index (χ3n) is 8.49. The van der Waals surface area contributed by atoms with Crippen molar-refractivity contribution in [1.29, 1.82) is 0 Å². The van der Waals surface area contributed by atoms with Gasteiger partial charge < -0.3 is 15.1 Å². The second-order valence-corrected chi connectivity index (χ2v) is 10.6. The summed E-state index contributed by atoms with van der Waals surface area (Å²) in [6.45, 7) is 2.60. The number of nitrogens with zero attached hydrogens (tertiary/aromatic N) is 2. The quantitative estimate of drug-likeness (QED) is 0.558. The Labute approximate surface area is 209 Å². The molecule has 0 radical (unpaired) electrons. The van der Waals surface area contributed by atoms with Gasteiger partial charge in [0.25, 0.3) is 0 Å². The minimum Gasteiger partial charge on any atom is -0.342 e. The van der Waals surface area contributed by atoms with Crippen LogP contribution in [-0.2, 0) is 16.4 Å². The van der Waals surface area contributed by atoms with Gasteiger partial charge >= 0.3 is 12.2 Å². The fourth-order valence-electron chi connectivity index (χ4n) is 6.31. The predicted octanol–water partition coefficient (Wildman–Crippen LogP) is 6.06. The average molecular weight is 500 g/mol. The number of nitrogens with one attached hydrogen (secondary N) is 1. The Hall–Kier alpha value is -3.03. The highest BCUT2D eigenvalue weighted by Gasteiger charge is 2.48. The van der Waals surface area contributed by atoms with E-state index in [0.29, 0.717) is 31.9 Å². The Balaban J connectivity index is 1.18. The van der Waals surface area contributed by atoms with Gasteiger partial charge in [0.1, 0.15) is 0 Å². The van der Waals surface area contributed by atoms with Gasteiger partial charge in [-0.25, -0.2) is 4.79 Å². The largest absolute Gasteiger partial charge is 0.416 e. The van der Waals surface area contributed by atoms with Crippen molar-refractivity contribution in [2.75, 3.05) is 31.5 Å². The van der Waals surface area contributed by atoms with Crippen LogP contribution in [0.25, 0.3) is 0 Å². The van der Waals surface area contributed by atoms with E-state index < -0.39 is 17.2 Å². The summed E-state index contributed by atoms with van der Waals surface area (Å²) in [7, 11) is 0. The summed E-state index contributed by atoms with van der Waals surface area (Å²) in [5, 5.41) is 2.73. The molecular weight excluding hydrogens is 467 g/mol. The molecule has 0 aromatic heterocycles. The lowest BCUT2D eigenvalue weighted by Crippen LogP contribution is -2.51. The van der Waals surface area contributed by atoms with Gasteiger partial charge in [0.2, 0.25) is 5.91 Å². The Morgan fingerprint density at radius 3 is 1.94 bits per heavy atom. The van der Waals surface area contributed by atoms with Gasteiger partial charge in [-0.2, -0.15) is 13.2 Å². The van der Waals surface area contributed by atoms with Gasteiger partial charge in [0, 0.05) is 31.9 Å². The number of piperidine rings is 1. The molecule has 3 amide bonds. The number of amides is 3. The van der Waals surface area contributed by atoms with Gasteiger partial charge in [-0.3, -0.25) is 4.79 Å². The van der Waals surface area contributed by atoms with Crippen molar-refractivity contribution in [2.45, 2.75) is 56.5 Å². The molecule has 3 fully saturated rings. The number of rotatable bonds is 3. The fourth-order valence-corrected chi connectivity index (χ4v) is 6.31. The van der Waals surface area contributed by atoms with Crippen molar-refractivity contribution in [3.05, 3.63) is 65.7 Å². The van der Waals surface area contributed by atoms with Crippen molar-refractivity contribution < 1.29 is 22.8 Å². The number of hydrogen-bond acceptors (Lipinski definition) is 2. The maximum atomic E-state index is 13.8. The zero-order chi connectivity index (χ0) is 25.4. The van der Waals surface area contributed by atoms with Crippen LogP contribution in [0.5, 0.6) is 0 Å². The van der Waals surface area contributed by atoms with Crippen LogP contribution in [0.4, 0.5) is 23.7 Å². The maximum Gasteiger partial charge on any atom is 0.416 e. The van der Waals surface area contributed by atoms with Crippen molar-refractivity contribution in [3.63, 3.8) is 0 Å². The summed E-state index contributed by atoms with van der Waals surface area (Å²) >= 11 is 0. The third-order valence-corrected chi connectivity index (χ3v) is 8.49. The molecule has 0 bridgehead atoms. The Morgan fingerprint density at radius 1 is 0.778 bits per heavy atom. The van der Waals surface area contributed by atoms with E-state index >= 15 is 0 Å². The monoisotopic (exact) mass is 499 g/mol. The Kier molecular flexibility index (Phi) is 6.47. The molecule has 3 aliphatic rings. The van der Waals surface area contributed by atoms with Gasteiger partial charge in [0.05, 0.1) is 11.0 Å². The molecule has 2 aliphatic heterocycles. The number of anilines is 1. The van der Waals surface area contributed by atoms with Gasteiger partial charge in [-0.05, 0) is 67.3 Å². The second kappa shape index (κ2) is 9.45. The fraction of sp³-hybridized carbons (Fsp3) is 0.500. The first-order chi connectivity index (χ1) is 17.2. The van der Waals surface area contributed by atoms with E-state index in [0.717, 1.165) is 62.6 Å². The number of halogens is 3. The van der Waals surface area contributed by atoms with E-state index in [2.05, 4.69) is 17.4 Å². The van der Waals surface area contributed by atoms with Crippen LogP contribution in [0.1, 0.15) is 56.1 Å². The van der Waals surface area contributed by atoms with E-state index in [4.69, 9.17) is 0 Å². The number of likely N-dealkylation sites (tertiary alicyclic amines) is 2. The molecule has 1 N–H and O–H groups in total. The summed E-state index contributed by atoms with van der Waals surface area (Å²) in [6, 6.07) is 14.4. The second-order valence-electron chi connectivity index (χ2n) is 10.6. The SMILES string of the molecule is O=C(Nc1ccc(C(F)(F)F)cc1)N1CCC2(CCN(C(=O)C3(c4ccccc4)CCCC3)CC2)C1. The molecule has 2 heterocycles. The van der Waals surface area contributed by atoms with Crippen LogP contribution in [0, 0.1) is 5.41 Å². The van der Waals surface area contributed by atoms with Gasteiger partial charge in [-0.15, -0.1) is 0 Å². The van der Waals surface area contributed by atoms with Crippen LogP contribution < -0.4 is 5.32 Å². The lowest BCUT2D eigenvalue weighted by molar-refractivity contribution is -0.140. The van der Waals surface area contributed by atoms with Gasteiger partial charge in [-0.1, -0.05) is 43.2 Å². The number of carbonyl (C=O) groups is 2. The molecule has 8 heteroatoms. The molecule has 2 aromatic rings. The lowest BCUT2D eigenvalue weighted by Gasteiger charge is -2.42. The molecule has 192 valence electrons. The molecule has 2 aromatic carbocycles. The standard InChI is InChI=1S/C28H32F3N3O2/c29-28(30,31)22-8-10-23(11-9-22)32-25(36)34-19-16-26(20-34)14-17-33(18-15-26)24(35)27(12-4-5-13-27)21-6-2-1-3-7-21/h1-3,6-11H,4-5,12-20H2,(H,32,36). The molecule has 1 spiro atoms. The highest BCUT2D eigenvalue weighted by atomic mass is 19.4. The van der Waals surface area contributed by atoms with E-state index in [1.165, 1.54) is 12.1 Å². The summed E-state index contributed by atoms with van der Waals surface area (Å²) < 4.78 is 38.3. The minimum atomic E-state index is -4.40. The summed E-state index contributed by atoms with van der Waals surface area (Å²) in [5.41, 5.74) is 0.310. The molecule has 5 rings (SSSR count). The number of urea groups is 1. The summed E-state index contributed by atoms with van der Waals surface area (Å²) in [4.78, 5) is 30.3. The normalized spacial score (nSPS) is 21.1. The first-order valence-corrected chi connectivity index (χ1v) is 12.8. The molecule has 2 saturated heterocycles.